The highest BCUT2D eigenvalue weighted by molar-refractivity contribution is 5.72. The fourth-order valence-electron chi connectivity index (χ4n) is 0.920. The molecule has 0 aliphatic carbocycles. The van der Waals surface area contributed by atoms with Crippen LogP contribution in [0.3, 0.4) is 0 Å². The van der Waals surface area contributed by atoms with Gasteiger partial charge in [-0.2, -0.15) is 0 Å². The molecule has 0 rings (SSSR count). The first-order valence-corrected chi connectivity index (χ1v) is 3.58. The van der Waals surface area contributed by atoms with Gasteiger partial charge in [-0.3, -0.25) is 4.90 Å². The topological polar surface area (TPSA) is 40.2 Å². The molecule has 0 heterocycles. The maximum absolute atomic E-state index is 10.3. The van der Waals surface area contributed by atoms with Crippen molar-refractivity contribution in [1.82, 2.24) is 4.90 Å². The van der Waals surface area contributed by atoms with Crippen LogP contribution in [0.4, 0.5) is 0 Å². The lowest BCUT2D eigenvalue weighted by Gasteiger charge is -2.21. The third kappa shape index (κ3) is 2.35. The summed E-state index contributed by atoms with van der Waals surface area (Å²) >= 11 is 0. The third-order valence-corrected chi connectivity index (χ3v) is 1.70. The van der Waals surface area contributed by atoms with Crippen LogP contribution in [0.5, 0.6) is 0 Å². The average molecular weight is 144 g/mol. The molecule has 59 valence electrons. The SMILES string of the molecule is CCN(CC)[C@@H](C)C([O])=O. The molecule has 0 fully saturated rings. The van der Waals surface area contributed by atoms with Gasteiger partial charge in [0.05, 0.1) is 0 Å². The van der Waals surface area contributed by atoms with Crippen LogP contribution in [-0.4, -0.2) is 30.0 Å². The van der Waals surface area contributed by atoms with E-state index in [4.69, 9.17) is 0 Å². The van der Waals surface area contributed by atoms with Crippen molar-refractivity contribution in [1.29, 1.82) is 0 Å². The lowest BCUT2D eigenvalue weighted by Crippen LogP contribution is -2.37. The van der Waals surface area contributed by atoms with Gasteiger partial charge in [0.15, 0.2) is 0 Å². The Morgan fingerprint density at radius 2 is 1.80 bits per heavy atom. The molecule has 0 spiro atoms. The predicted octanol–water partition coefficient (Wildman–Crippen LogP) is 0.674. The molecule has 0 unspecified atom stereocenters. The second-order valence-electron chi connectivity index (χ2n) is 2.22. The van der Waals surface area contributed by atoms with Gasteiger partial charge < -0.3 is 0 Å². The van der Waals surface area contributed by atoms with Crippen molar-refractivity contribution in [3.8, 4) is 0 Å². The highest BCUT2D eigenvalue weighted by Gasteiger charge is 2.18. The van der Waals surface area contributed by atoms with Crippen LogP contribution in [-0.2, 0) is 9.90 Å². The lowest BCUT2D eigenvalue weighted by atomic mass is 10.3. The minimum Gasteiger partial charge on any atom is -0.291 e. The summed E-state index contributed by atoms with van der Waals surface area (Å²) in [6.45, 7) is 7.02. The van der Waals surface area contributed by atoms with Gasteiger partial charge in [0.2, 0.25) is 0 Å². The van der Waals surface area contributed by atoms with E-state index in [1.54, 1.807) is 6.92 Å². The van der Waals surface area contributed by atoms with E-state index < -0.39 is 12.0 Å². The molecule has 0 aliphatic heterocycles. The summed E-state index contributed by atoms with van der Waals surface area (Å²) in [5.74, 6) is -0.997. The van der Waals surface area contributed by atoms with E-state index in [0.29, 0.717) is 0 Å². The molecule has 0 aromatic rings. The van der Waals surface area contributed by atoms with Crippen LogP contribution in [0.25, 0.3) is 0 Å². The summed E-state index contributed by atoms with van der Waals surface area (Å²) in [6.07, 6.45) is 0. The molecular formula is C7H14NO2. The lowest BCUT2D eigenvalue weighted by molar-refractivity contribution is -0.148. The molecule has 0 aromatic heterocycles. The number of likely N-dealkylation sites (N-methyl/N-ethyl adjacent to an activating group) is 1. The molecule has 3 heteroatoms. The monoisotopic (exact) mass is 144 g/mol. The van der Waals surface area contributed by atoms with Crippen molar-refractivity contribution in [2.24, 2.45) is 0 Å². The minimum atomic E-state index is -0.997. The standard InChI is InChI=1S/C7H14NO2/c1-4-8(5-2)6(3)7(9)10/h6H,4-5H2,1-3H3/t6-/m0/s1. The molecule has 1 radical (unpaired) electrons. The summed E-state index contributed by atoms with van der Waals surface area (Å²) in [4.78, 5) is 12.1. The quantitative estimate of drug-likeness (QED) is 0.582. The second-order valence-corrected chi connectivity index (χ2v) is 2.22. The van der Waals surface area contributed by atoms with E-state index in [1.807, 2.05) is 18.7 Å². The van der Waals surface area contributed by atoms with Crippen LogP contribution in [0, 0.1) is 0 Å². The molecule has 1 atom stereocenters. The Morgan fingerprint density at radius 1 is 1.40 bits per heavy atom. The summed E-state index contributed by atoms with van der Waals surface area (Å²) in [5, 5.41) is 10.3. The number of hydrogen-bond acceptors (Lipinski definition) is 2. The van der Waals surface area contributed by atoms with Crippen LogP contribution >= 0.6 is 0 Å². The average Bonchev–Trinajstić information content (AvgIpc) is 1.90. The number of hydrogen-bond donors (Lipinski definition) is 0. The fourth-order valence-corrected chi connectivity index (χ4v) is 0.920. The Labute approximate surface area is 61.6 Å². The van der Waals surface area contributed by atoms with Crippen molar-refractivity contribution < 1.29 is 9.90 Å². The summed E-state index contributed by atoms with van der Waals surface area (Å²) in [7, 11) is 0. The Kier molecular flexibility index (Phi) is 4.03. The summed E-state index contributed by atoms with van der Waals surface area (Å²) in [5.41, 5.74) is 0. The first-order valence-electron chi connectivity index (χ1n) is 3.58. The number of carbonyl (C=O) groups is 1. The van der Waals surface area contributed by atoms with E-state index in [2.05, 4.69) is 0 Å². The molecule has 0 N–H and O–H groups in total. The highest BCUT2D eigenvalue weighted by atomic mass is 16.4. The van der Waals surface area contributed by atoms with E-state index in [1.165, 1.54) is 0 Å². The zero-order valence-electron chi connectivity index (χ0n) is 6.76. The first-order chi connectivity index (χ1) is 4.63. The van der Waals surface area contributed by atoms with Crippen molar-refractivity contribution in [2.45, 2.75) is 26.8 Å². The van der Waals surface area contributed by atoms with Crippen LogP contribution in [0.2, 0.25) is 0 Å². The molecule has 0 aromatic carbocycles. The van der Waals surface area contributed by atoms with Gasteiger partial charge in [-0.25, -0.2) is 9.90 Å². The van der Waals surface area contributed by atoms with Crippen molar-refractivity contribution in [3.63, 3.8) is 0 Å². The van der Waals surface area contributed by atoms with Gasteiger partial charge in [0, 0.05) is 0 Å². The number of nitrogens with zero attached hydrogens (tertiary/aromatic N) is 1. The largest absolute Gasteiger partial charge is 0.372 e. The van der Waals surface area contributed by atoms with Crippen LogP contribution in [0.15, 0.2) is 0 Å². The van der Waals surface area contributed by atoms with E-state index in [-0.39, 0.29) is 0 Å². The van der Waals surface area contributed by atoms with Gasteiger partial charge >= 0.3 is 5.97 Å². The maximum Gasteiger partial charge on any atom is 0.372 e. The van der Waals surface area contributed by atoms with Gasteiger partial charge in [0.1, 0.15) is 6.04 Å². The minimum absolute atomic E-state index is 0.463. The van der Waals surface area contributed by atoms with Gasteiger partial charge in [-0.05, 0) is 20.0 Å². The molecule has 0 bridgehead atoms. The Bertz CT molecular complexity index is 110. The molecule has 0 amide bonds. The molecular weight excluding hydrogens is 130 g/mol. The van der Waals surface area contributed by atoms with Gasteiger partial charge in [-0.1, -0.05) is 13.8 Å². The van der Waals surface area contributed by atoms with E-state index >= 15 is 0 Å². The Balaban J connectivity index is 3.88. The molecule has 10 heavy (non-hydrogen) atoms. The zero-order valence-corrected chi connectivity index (χ0v) is 6.76. The van der Waals surface area contributed by atoms with Crippen molar-refractivity contribution in [3.05, 3.63) is 0 Å². The fraction of sp³-hybridized carbons (Fsp3) is 0.857. The third-order valence-electron chi connectivity index (χ3n) is 1.70. The zero-order chi connectivity index (χ0) is 8.15. The predicted molar refractivity (Wildman–Crippen MR) is 38.1 cm³/mol. The normalized spacial score (nSPS) is 13.6. The molecule has 0 aliphatic rings. The van der Waals surface area contributed by atoms with Gasteiger partial charge in [0.25, 0.3) is 0 Å². The highest BCUT2D eigenvalue weighted by Crippen LogP contribution is 1.97. The second kappa shape index (κ2) is 4.28. The van der Waals surface area contributed by atoms with Crippen LogP contribution < -0.4 is 0 Å². The van der Waals surface area contributed by atoms with Crippen molar-refractivity contribution >= 4 is 5.97 Å². The smallest absolute Gasteiger partial charge is 0.291 e. The number of carbonyl (C=O) groups excluding carboxylic acids is 1. The summed E-state index contributed by atoms with van der Waals surface area (Å²) < 4.78 is 0. The Hall–Kier alpha value is -0.570. The number of rotatable bonds is 4. The van der Waals surface area contributed by atoms with Crippen molar-refractivity contribution in [2.75, 3.05) is 13.1 Å². The maximum atomic E-state index is 10.3. The molecule has 0 saturated heterocycles. The molecule has 0 saturated carbocycles. The summed E-state index contributed by atoms with van der Waals surface area (Å²) in [6, 6.07) is -0.463. The first kappa shape index (κ1) is 9.43. The van der Waals surface area contributed by atoms with Gasteiger partial charge in [-0.15, -0.1) is 0 Å². The molecule has 3 nitrogen and oxygen atoms in total. The van der Waals surface area contributed by atoms with E-state index in [0.717, 1.165) is 13.1 Å². The van der Waals surface area contributed by atoms with E-state index in [9.17, 15) is 9.90 Å². The van der Waals surface area contributed by atoms with Crippen LogP contribution in [0.1, 0.15) is 20.8 Å². The Morgan fingerprint density at radius 3 is 1.90 bits per heavy atom.